The maximum absolute atomic E-state index is 5.46. The van der Waals surface area contributed by atoms with E-state index < -0.39 is 0 Å². The third-order valence-corrected chi connectivity index (χ3v) is 1.78. The van der Waals surface area contributed by atoms with E-state index in [0.29, 0.717) is 6.04 Å². The van der Waals surface area contributed by atoms with Crippen LogP contribution in [0.4, 0.5) is 0 Å². The Balaban J connectivity index is 2.22. The van der Waals surface area contributed by atoms with E-state index in [1.807, 2.05) is 0 Å². The third-order valence-electron chi connectivity index (χ3n) is 1.78. The van der Waals surface area contributed by atoms with Crippen LogP contribution in [0.2, 0.25) is 0 Å². The first kappa shape index (κ1) is 6.05. The minimum atomic E-state index is 0.698. The number of hydrogen-bond donors (Lipinski definition) is 2. The Morgan fingerprint density at radius 3 is 2.75 bits per heavy atom. The van der Waals surface area contributed by atoms with E-state index in [-0.39, 0.29) is 0 Å². The van der Waals surface area contributed by atoms with Gasteiger partial charge in [-0.3, -0.25) is 0 Å². The van der Waals surface area contributed by atoms with Crippen molar-refractivity contribution in [3.05, 3.63) is 0 Å². The van der Waals surface area contributed by atoms with Gasteiger partial charge in [-0.15, -0.1) is 0 Å². The minimum Gasteiger partial charge on any atom is -0.330 e. The zero-order valence-corrected chi connectivity index (χ0v) is 5.35. The lowest BCUT2D eigenvalue weighted by Gasteiger charge is -2.00. The summed E-state index contributed by atoms with van der Waals surface area (Å²) >= 11 is 0. The summed E-state index contributed by atoms with van der Waals surface area (Å²) < 4.78 is 0. The van der Waals surface area contributed by atoms with Gasteiger partial charge in [0, 0.05) is 6.04 Å². The van der Waals surface area contributed by atoms with E-state index in [1.54, 1.807) is 0 Å². The van der Waals surface area contributed by atoms with Gasteiger partial charge in [-0.05, 0) is 32.4 Å². The van der Waals surface area contributed by atoms with Crippen molar-refractivity contribution in [3.8, 4) is 0 Å². The minimum absolute atomic E-state index is 0.698. The van der Waals surface area contributed by atoms with Crippen molar-refractivity contribution < 1.29 is 0 Å². The predicted molar refractivity (Wildman–Crippen MR) is 34.6 cm³/mol. The van der Waals surface area contributed by atoms with Crippen molar-refractivity contribution in [2.45, 2.75) is 19.4 Å². The summed E-state index contributed by atoms with van der Waals surface area (Å²) in [7, 11) is 0. The van der Waals surface area contributed by atoms with Crippen molar-refractivity contribution in [2.75, 3.05) is 13.1 Å². The molecule has 2 heteroatoms. The summed E-state index contributed by atoms with van der Waals surface area (Å²) in [5.41, 5.74) is 5.46. The van der Waals surface area contributed by atoms with Crippen molar-refractivity contribution in [1.29, 1.82) is 0 Å². The summed E-state index contributed by atoms with van der Waals surface area (Å²) in [6, 6.07) is 0.698. The van der Waals surface area contributed by atoms with Gasteiger partial charge in [-0.25, -0.2) is 0 Å². The van der Waals surface area contributed by atoms with E-state index in [9.17, 15) is 0 Å². The molecule has 0 unspecified atom stereocenters. The van der Waals surface area contributed by atoms with Gasteiger partial charge in [0.05, 0.1) is 0 Å². The molecule has 0 aromatic heterocycles. The molecule has 48 valence electrons. The number of nitrogens with two attached hydrogens (primary N) is 1. The van der Waals surface area contributed by atoms with Crippen LogP contribution in [0, 0.1) is 5.92 Å². The van der Waals surface area contributed by atoms with Crippen LogP contribution < -0.4 is 11.1 Å². The highest BCUT2D eigenvalue weighted by Crippen LogP contribution is 2.10. The molecule has 0 saturated carbocycles. The fraction of sp³-hybridized carbons (Fsp3) is 1.00. The fourth-order valence-corrected chi connectivity index (χ4v) is 1.21. The zero-order chi connectivity index (χ0) is 5.98. The molecule has 1 aliphatic rings. The monoisotopic (exact) mass is 114 g/mol. The highest BCUT2D eigenvalue weighted by atomic mass is 14.9. The lowest BCUT2D eigenvalue weighted by atomic mass is 10.1. The Morgan fingerprint density at radius 1 is 1.75 bits per heavy atom. The Hall–Kier alpha value is -0.0800. The molecular weight excluding hydrogens is 100 g/mol. The van der Waals surface area contributed by atoms with Crippen LogP contribution in [0.5, 0.6) is 0 Å². The average Bonchev–Trinajstić information content (AvgIpc) is 2.14. The van der Waals surface area contributed by atoms with Crippen LogP contribution in [-0.2, 0) is 0 Å². The number of hydrogen-bond acceptors (Lipinski definition) is 2. The molecule has 1 rings (SSSR count). The fourth-order valence-electron chi connectivity index (χ4n) is 1.21. The molecule has 1 aliphatic heterocycles. The van der Waals surface area contributed by atoms with Gasteiger partial charge in [0.1, 0.15) is 0 Å². The highest BCUT2D eigenvalue weighted by Gasteiger charge is 2.17. The molecule has 0 bridgehead atoms. The summed E-state index contributed by atoms with van der Waals surface area (Å²) in [4.78, 5) is 0. The number of rotatable bonds is 1. The first-order valence-corrected chi connectivity index (χ1v) is 3.26. The van der Waals surface area contributed by atoms with Crippen molar-refractivity contribution in [3.63, 3.8) is 0 Å². The summed E-state index contributed by atoms with van der Waals surface area (Å²) in [6.07, 6.45) is 1.26. The maximum Gasteiger partial charge on any atom is 0.00424 e. The number of nitrogens with one attached hydrogen (secondary N) is 1. The molecule has 0 aromatic rings. The first-order valence-electron chi connectivity index (χ1n) is 3.26. The smallest absolute Gasteiger partial charge is 0.00424 e. The lowest BCUT2D eigenvalue weighted by Crippen LogP contribution is -2.18. The molecule has 0 amide bonds. The SMILES string of the molecule is C[C@@H]1C[C@@H](CN)CN1. The van der Waals surface area contributed by atoms with Crippen LogP contribution >= 0.6 is 0 Å². The Bertz CT molecular complexity index is 72.9. The van der Waals surface area contributed by atoms with Crippen molar-refractivity contribution >= 4 is 0 Å². The van der Waals surface area contributed by atoms with Gasteiger partial charge in [-0.1, -0.05) is 0 Å². The van der Waals surface area contributed by atoms with E-state index in [1.165, 1.54) is 6.42 Å². The van der Waals surface area contributed by atoms with Gasteiger partial charge < -0.3 is 11.1 Å². The molecule has 0 spiro atoms. The quantitative estimate of drug-likeness (QED) is 0.501. The van der Waals surface area contributed by atoms with Crippen molar-refractivity contribution in [1.82, 2.24) is 5.32 Å². The van der Waals surface area contributed by atoms with Gasteiger partial charge in [0.25, 0.3) is 0 Å². The van der Waals surface area contributed by atoms with E-state index in [4.69, 9.17) is 5.73 Å². The summed E-state index contributed by atoms with van der Waals surface area (Å²) in [6.45, 7) is 4.17. The second-order valence-corrected chi connectivity index (χ2v) is 2.65. The van der Waals surface area contributed by atoms with Crippen LogP contribution in [0.15, 0.2) is 0 Å². The summed E-state index contributed by atoms with van der Waals surface area (Å²) in [5.74, 6) is 0.741. The molecule has 2 atom stereocenters. The molecule has 1 fully saturated rings. The first-order chi connectivity index (χ1) is 3.83. The van der Waals surface area contributed by atoms with Crippen LogP contribution in [-0.4, -0.2) is 19.1 Å². The molecule has 0 radical (unpaired) electrons. The standard InChI is InChI=1S/C6H14N2/c1-5-2-6(3-7)4-8-5/h5-6,8H,2-4,7H2,1H3/t5-,6+/m1/s1. The third kappa shape index (κ3) is 1.20. The van der Waals surface area contributed by atoms with Crippen LogP contribution in [0.3, 0.4) is 0 Å². The van der Waals surface area contributed by atoms with Gasteiger partial charge >= 0.3 is 0 Å². The van der Waals surface area contributed by atoms with E-state index >= 15 is 0 Å². The molecular formula is C6H14N2. The molecule has 0 aromatic carbocycles. The van der Waals surface area contributed by atoms with E-state index in [0.717, 1.165) is 19.0 Å². The second kappa shape index (κ2) is 2.46. The van der Waals surface area contributed by atoms with E-state index in [2.05, 4.69) is 12.2 Å². The topological polar surface area (TPSA) is 38.0 Å². The zero-order valence-electron chi connectivity index (χ0n) is 5.35. The highest BCUT2D eigenvalue weighted by molar-refractivity contribution is 4.78. The molecule has 0 aliphatic carbocycles. The van der Waals surface area contributed by atoms with Crippen LogP contribution in [0.25, 0.3) is 0 Å². The van der Waals surface area contributed by atoms with Crippen LogP contribution in [0.1, 0.15) is 13.3 Å². The molecule has 1 saturated heterocycles. The molecule has 3 N–H and O–H groups in total. The molecule has 8 heavy (non-hydrogen) atoms. The maximum atomic E-state index is 5.46. The Morgan fingerprint density at radius 2 is 2.50 bits per heavy atom. The normalized spacial score (nSPS) is 38.2. The largest absolute Gasteiger partial charge is 0.330 e. The molecule has 2 nitrogen and oxygen atoms in total. The van der Waals surface area contributed by atoms with Gasteiger partial charge in [-0.2, -0.15) is 0 Å². The lowest BCUT2D eigenvalue weighted by molar-refractivity contribution is 0.579. The Kier molecular flexibility index (Phi) is 1.86. The predicted octanol–water partition coefficient (Wildman–Crippen LogP) is -0.0569. The second-order valence-electron chi connectivity index (χ2n) is 2.65. The average molecular weight is 114 g/mol. The Labute approximate surface area is 50.4 Å². The molecule has 1 heterocycles. The van der Waals surface area contributed by atoms with Gasteiger partial charge in [0.15, 0.2) is 0 Å². The summed E-state index contributed by atoms with van der Waals surface area (Å²) in [5, 5.41) is 3.34. The van der Waals surface area contributed by atoms with Crippen molar-refractivity contribution in [2.24, 2.45) is 11.7 Å². The van der Waals surface area contributed by atoms with Gasteiger partial charge in [0.2, 0.25) is 0 Å².